The average molecular weight is 268 g/mol. The summed E-state index contributed by atoms with van der Waals surface area (Å²) in [6.45, 7) is 7.67. The summed E-state index contributed by atoms with van der Waals surface area (Å²) in [5, 5.41) is 3.26. The van der Waals surface area contributed by atoms with Gasteiger partial charge in [0.15, 0.2) is 0 Å². The van der Waals surface area contributed by atoms with Gasteiger partial charge in [-0.2, -0.15) is 0 Å². The molecule has 0 amide bonds. The molecule has 0 heterocycles. The van der Waals surface area contributed by atoms with Crippen LogP contribution in [0.15, 0.2) is 18.2 Å². The third-order valence-electron chi connectivity index (χ3n) is 3.01. The number of likely N-dealkylation sites (N-methyl/N-ethyl adjacent to an activating group) is 1. The van der Waals surface area contributed by atoms with E-state index in [4.69, 9.17) is 4.74 Å². The van der Waals surface area contributed by atoms with E-state index >= 15 is 0 Å². The van der Waals surface area contributed by atoms with E-state index in [0.717, 1.165) is 30.8 Å². The van der Waals surface area contributed by atoms with E-state index in [1.54, 1.807) is 6.07 Å². The van der Waals surface area contributed by atoms with E-state index < -0.39 is 0 Å². The van der Waals surface area contributed by atoms with Crippen LogP contribution in [-0.2, 0) is 11.3 Å². The van der Waals surface area contributed by atoms with Crippen LogP contribution in [0.2, 0.25) is 0 Å². The molecule has 0 aromatic heterocycles. The molecule has 0 radical (unpaired) electrons. The molecule has 0 aliphatic rings. The molecule has 0 spiro atoms. The fraction of sp³-hybridized carbons (Fsp3) is 0.600. The van der Waals surface area contributed by atoms with Crippen LogP contribution < -0.4 is 10.2 Å². The highest BCUT2D eigenvalue weighted by atomic mass is 19.1. The maximum atomic E-state index is 13.9. The number of nitrogens with zero attached hydrogens (tertiary/aromatic N) is 1. The van der Waals surface area contributed by atoms with E-state index in [-0.39, 0.29) is 5.82 Å². The summed E-state index contributed by atoms with van der Waals surface area (Å²) in [6, 6.07) is 5.23. The zero-order valence-electron chi connectivity index (χ0n) is 12.2. The van der Waals surface area contributed by atoms with Crippen molar-refractivity contribution in [2.24, 2.45) is 0 Å². The van der Waals surface area contributed by atoms with Crippen molar-refractivity contribution in [1.82, 2.24) is 5.32 Å². The van der Waals surface area contributed by atoms with Crippen molar-refractivity contribution in [3.05, 3.63) is 29.6 Å². The smallest absolute Gasteiger partial charge is 0.129 e. The summed E-state index contributed by atoms with van der Waals surface area (Å²) in [4.78, 5) is 2.04. The lowest BCUT2D eigenvalue weighted by Crippen LogP contribution is -2.25. The Morgan fingerprint density at radius 2 is 2.11 bits per heavy atom. The van der Waals surface area contributed by atoms with Crippen LogP contribution in [0.1, 0.15) is 25.8 Å². The number of anilines is 1. The number of ether oxygens (including phenoxy) is 1. The first-order chi connectivity index (χ1) is 9.20. The Hall–Kier alpha value is -1.13. The molecule has 0 saturated heterocycles. The zero-order valence-corrected chi connectivity index (χ0v) is 12.2. The first-order valence-corrected chi connectivity index (χ1v) is 6.97. The Kier molecular flexibility index (Phi) is 7.45. The highest BCUT2D eigenvalue weighted by Gasteiger charge is 2.11. The summed E-state index contributed by atoms with van der Waals surface area (Å²) in [5.74, 6) is -0.149. The Bertz CT molecular complexity index is 371. The molecule has 1 N–H and O–H groups in total. The quantitative estimate of drug-likeness (QED) is 0.697. The number of rotatable bonds is 9. The molecule has 0 bridgehead atoms. The predicted octanol–water partition coefficient (Wildman–Crippen LogP) is 2.80. The first-order valence-electron chi connectivity index (χ1n) is 6.97. The molecule has 0 aliphatic heterocycles. The minimum Gasteiger partial charge on any atom is -0.380 e. The number of hydrogen-bond donors (Lipinski definition) is 1. The molecule has 1 aromatic rings. The minimum atomic E-state index is -0.149. The molecule has 19 heavy (non-hydrogen) atoms. The second-order valence-electron chi connectivity index (χ2n) is 4.53. The van der Waals surface area contributed by atoms with Gasteiger partial charge in [0.1, 0.15) is 5.82 Å². The summed E-state index contributed by atoms with van der Waals surface area (Å²) in [5.41, 5.74) is 1.67. The fourth-order valence-corrected chi connectivity index (χ4v) is 1.94. The van der Waals surface area contributed by atoms with Gasteiger partial charge in [0, 0.05) is 38.0 Å². The van der Waals surface area contributed by atoms with Gasteiger partial charge in [-0.15, -0.1) is 0 Å². The first kappa shape index (κ1) is 15.9. The molecule has 0 aliphatic carbocycles. The molecule has 0 fully saturated rings. The molecule has 0 unspecified atom stereocenters. The van der Waals surface area contributed by atoms with Gasteiger partial charge < -0.3 is 15.0 Å². The van der Waals surface area contributed by atoms with Crippen LogP contribution in [0, 0.1) is 5.82 Å². The van der Waals surface area contributed by atoms with Gasteiger partial charge in [0.2, 0.25) is 0 Å². The van der Waals surface area contributed by atoms with Crippen molar-refractivity contribution in [2.75, 3.05) is 38.3 Å². The standard InChI is InChI=1S/C15H25FN2O/c1-4-9-17-12-13-14(16)7-6-8-15(13)18(3)10-11-19-5-2/h6-8,17H,4-5,9-12H2,1-3H3. The molecule has 4 heteroatoms. The molecular formula is C15H25FN2O. The average Bonchev–Trinajstić information content (AvgIpc) is 2.41. The topological polar surface area (TPSA) is 24.5 Å². The van der Waals surface area contributed by atoms with Crippen molar-refractivity contribution < 1.29 is 9.13 Å². The van der Waals surface area contributed by atoms with Crippen molar-refractivity contribution >= 4 is 5.69 Å². The SMILES string of the molecule is CCCNCc1c(F)cccc1N(C)CCOCC. The largest absolute Gasteiger partial charge is 0.380 e. The summed E-state index contributed by atoms with van der Waals surface area (Å²) in [6.07, 6.45) is 1.05. The van der Waals surface area contributed by atoms with Gasteiger partial charge in [0.05, 0.1) is 6.61 Å². The van der Waals surface area contributed by atoms with E-state index in [1.807, 2.05) is 24.9 Å². The molecule has 1 aromatic carbocycles. The Morgan fingerprint density at radius 1 is 1.32 bits per heavy atom. The zero-order chi connectivity index (χ0) is 14.1. The van der Waals surface area contributed by atoms with Gasteiger partial charge in [-0.25, -0.2) is 4.39 Å². The molecule has 0 atom stereocenters. The second-order valence-corrected chi connectivity index (χ2v) is 4.53. The van der Waals surface area contributed by atoms with Crippen LogP contribution in [0.25, 0.3) is 0 Å². The maximum absolute atomic E-state index is 13.9. The van der Waals surface area contributed by atoms with Crippen molar-refractivity contribution in [2.45, 2.75) is 26.8 Å². The number of hydrogen-bond acceptors (Lipinski definition) is 3. The number of halogens is 1. The van der Waals surface area contributed by atoms with E-state index in [9.17, 15) is 4.39 Å². The summed E-state index contributed by atoms with van der Waals surface area (Å²) in [7, 11) is 1.97. The lowest BCUT2D eigenvalue weighted by Gasteiger charge is -2.23. The third-order valence-corrected chi connectivity index (χ3v) is 3.01. The lowest BCUT2D eigenvalue weighted by molar-refractivity contribution is 0.154. The van der Waals surface area contributed by atoms with Gasteiger partial charge in [-0.3, -0.25) is 0 Å². The van der Waals surface area contributed by atoms with Gasteiger partial charge >= 0.3 is 0 Å². The second kappa shape index (κ2) is 8.88. The Labute approximate surface area is 115 Å². The van der Waals surface area contributed by atoms with Crippen LogP contribution in [0.5, 0.6) is 0 Å². The Morgan fingerprint density at radius 3 is 2.79 bits per heavy atom. The van der Waals surface area contributed by atoms with Crippen molar-refractivity contribution in [3.63, 3.8) is 0 Å². The molecule has 0 saturated carbocycles. The van der Waals surface area contributed by atoms with E-state index in [2.05, 4.69) is 12.2 Å². The predicted molar refractivity (Wildman–Crippen MR) is 78.2 cm³/mol. The highest BCUT2D eigenvalue weighted by molar-refractivity contribution is 5.53. The normalized spacial score (nSPS) is 10.7. The highest BCUT2D eigenvalue weighted by Crippen LogP contribution is 2.22. The number of nitrogens with one attached hydrogen (secondary N) is 1. The maximum Gasteiger partial charge on any atom is 0.129 e. The van der Waals surface area contributed by atoms with Crippen LogP contribution in [-0.4, -0.2) is 33.4 Å². The van der Waals surface area contributed by atoms with Gasteiger partial charge in [-0.1, -0.05) is 13.0 Å². The van der Waals surface area contributed by atoms with E-state index in [0.29, 0.717) is 19.8 Å². The van der Waals surface area contributed by atoms with Crippen LogP contribution in [0.3, 0.4) is 0 Å². The fourth-order valence-electron chi connectivity index (χ4n) is 1.94. The molecule has 108 valence electrons. The summed E-state index contributed by atoms with van der Waals surface area (Å²) < 4.78 is 19.3. The lowest BCUT2D eigenvalue weighted by atomic mass is 10.1. The van der Waals surface area contributed by atoms with Crippen molar-refractivity contribution in [1.29, 1.82) is 0 Å². The summed E-state index contributed by atoms with van der Waals surface area (Å²) >= 11 is 0. The molecular weight excluding hydrogens is 243 g/mol. The third kappa shape index (κ3) is 5.17. The van der Waals surface area contributed by atoms with Crippen LogP contribution in [0.4, 0.5) is 10.1 Å². The Balaban J connectivity index is 2.71. The minimum absolute atomic E-state index is 0.149. The van der Waals surface area contributed by atoms with Gasteiger partial charge in [-0.05, 0) is 32.0 Å². The van der Waals surface area contributed by atoms with Crippen LogP contribution >= 0.6 is 0 Å². The molecule has 1 rings (SSSR count). The monoisotopic (exact) mass is 268 g/mol. The van der Waals surface area contributed by atoms with Crippen molar-refractivity contribution in [3.8, 4) is 0 Å². The van der Waals surface area contributed by atoms with Gasteiger partial charge in [0.25, 0.3) is 0 Å². The molecule has 3 nitrogen and oxygen atoms in total. The number of benzene rings is 1. The van der Waals surface area contributed by atoms with E-state index in [1.165, 1.54) is 6.07 Å².